The summed E-state index contributed by atoms with van der Waals surface area (Å²) in [7, 11) is 0. The van der Waals surface area contributed by atoms with Crippen molar-refractivity contribution in [2.45, 2.75) is 87.6 Å². The molecule has 1 aliphatic carbocycles. The first-order chi connectivity index (χ1) is 28.2. The second-order valence-electron chi connectivity index (χ2n) is 13.5. The number of thioether (sulfide) groups is 1. The topological polar surface area (TPSA) is 393 Å². The molecule has 6 atom stereocenters. The van der Waals surface area contributed by atoms with Crippen LogP contribution in [0.1, 0.15) is 56.1 Å². The Morgan fingerprint density at radius 2 is 1.27 bits per heavy atom. The van der Waals surface area contributed by atoms with E-state index < -0.39 is 120 Å². The van der Waals surface area contributed by atoms with Gasteiger partial charge in [0.1, 0.15) is 29.7 Å². The van der Waals surface area contributed by atoms with E-state index >= 15 is 0 Å². The van der Waals surface area contributed by atoms with Crippen molar-refractivity contribution in [2.75, 3.05) is 18.6 Å². The third kappa shape index (κ3) is 16.7. The van der Waals surface area contributed by atoms with Crippen LogP contribution in [0.25, 0.3) is 0 Å². The van der Waals surface area contributed by atoms with Crippen LogP contribution in [0, 0.1) is 5.92 Å². The normalized spacial score (nSPS) is 17.2. The van der Waals surface area contributed by atoms with E-state index in [1.165, 1.54) is 12.1 Å². The van der Waals surface area contributed by atoms with Crippen LogP contribution in [0.3, 0.4) is 0 Å². The molecule has 0 heterocycles. The number of aliphatic carboxylic acids is 6. The second kappa shape index (κ2) is 23.7. The van der Waals surface area contributed by atoms with Gasteiger partial charge in [-0.25, -0.2) is 24.0 Å². The molecule has 1 saturated carbocycles. The van der Waals surface area contributed by atoms with Gasteiger partial charge in [-0.1, -0.05) is 24.3 Å². The van der Waals surface area contributed by atoms with E-state index in [9.17, 15) is 73.2 Å². The number of carboxylic acid groups (broad SMARTS) is 6. The zero-order valence-electron chi connectivity index (χ0n) is 32.1. The number of hydrogen-bond donors (Lipinski definition) is 13. The summed E-state index contributed by atoms with van der Waals surface area (Å²) in [5, 5.41) is 71.6. The summed E-state index contributed by atoms with van der Waals surface area (Å²) in [4.78, 5) is 132. The summed E-state index contributed by atoms with van der Waals surface area (Å²) >= 11 is 1.09. The van der Waals surface area contributed by atoms with Gasteiger partial charge in [0.2, 0.25) is 17.7 Å². The Labute approximate surface area is 345 Å². The van der Waals surface area contributed by atoms with Gasteiger partial charge in [0.05, 0.1) is 18.8 Å². The van der Waals surface area contributed by atoms with Gasteiger partial charge >= 0.3 is 47.9 Å². The largest absolute Gasteiger partial charge is 0.481 e. The standard InChI is InChI=1S/C35H47N7O17S/c1-60-16-23(31(55)56)38-27(48)22(13-26(46)47)39-32(57)35(14-19(35)28(49)50)42-24(43)12-17-5-7-18(8-6-17)15-37-33(58)36-11-3-2-4-20(29(51)52)40-34(59)41-21(30(53)54)9-10-25(44)45/h5-8,19-23H,2-4,9-16H2,1H3,(H,38,48)(H,39,57)(H,42,43)(H,44,45)(H,46,47)(H,49,50)(H,51,52)(H,53,54)(H,55,56)(H2,36,37,58)(H2,40,41,59)/t19-,20-,21-,22-,23-,35?/m0/s1. The highest BCUT2D eigenvalue weighted by atomic mass is 32.2. The highest BCUT2D eigenvalue weighted by Crippen LogP contribution is 2.44. The molecular weight excluding hydrogens is 822 g/mol. The van der Waals surface area contributed by atoms with Crippen molar-refractivity contribution in [3.05, 3.63) is 35.4 Å². The number of amides is 7. The lowest BCUT2D eigenvalue weighted by Gasteiger charge is -2.24. The molecule has 0 saturated heterocycles. The van der Waals surface area contributed by atoms with Crippen molar-refractivity contribution in [2.24, 2.45) is 5.92 Å². The van der Waals surface area contributed by atoms with Crippen LogP contribution in [0.2, 0.25) is 0 Å². The Morgan fingerprint density at radius 3 is 1.78 bits per heavy atom. The minimum Gasteiger partial charge on any atom is -0.481 e. The molecule has 0 bridgehead atoms. The summed E-state index contributed by atoms with van der Waals surface area (Å²) in [5.74, 6) is -13.1. The van der Waals surface area contributed by atoms with Crippen molar-refractivity contribution in [1.29, 1.82) is 0 Å². The lowest BCUT2D eigenvalue weighted by molar-refractivity contribution is -0.144. The van der Waals surface area contributed by atoms with E-state index in [1.54, 1.807) is 18.4 Å². The summed E-state index contributed by atoms with van der Waals surface area (Å²) in [5.41, 5.74) is -0.995. The average Bonchev–Trinajstić information content (AvgIpc) is 3.90. The fraction of sp³-hybridized carbons (Fsp3) is 0.514. The Bertz CT molecular complexity index is 1800. The van der Waals surface area contributed by atoms with Crippen molar-refractivity contribution in [3.63, 3.8) is 0 Å². The van der Waals surface area contributed by atoms with Crippen LogP contribution in [0.5, 0.6) is 0 Å². The van der Waals surface area contributed by atoms with E-state index in [-0.39, 0.29) is 44.5 Å². The van der Waals surface area contributed by atoms with Gasteiger partial charge < -0.3 is 67.9 Å². The molecule has 0 aromatic heterocycles. The van der Waals surface area contributed by atoms with Crippen molar-refractivity contribution in [1.82, 2.24) is 37.2 Å². The minimum absolute atomic E-state index is 0.0430. The molecule has 1 aliphatic rings. The molecule has 2 rings (SSSR count). The fourth-order valence-electron chi connectivity index (χ4n) is 5.61. The molecule has 0 spiro atoms. The summed E-state index contributed by atoms with van der Waals surface area (Å²) in [6.07, 6.45) is -0.588. The monoisotopic (exact) mass is 869 g/mol. The Morgan fingerprint density at radius 1 is 0.683 bits per heavy atom. The molecule has 0 aliphatic heterocycles. The molecule has 1 fully saturated rings. The third-order valence-electron chi connectivity index (χ3n) is 8.87. The number of nitrogens with one attached hydrogen (secondary N) is 7. The number of rotatable bonds is 27. The van der Waals surface area contributed by atoms with Gasteiger partial charge in [-0.3, -0.25) is 28.8 Å². The van der Waals surface area contributed by atoms with Crippen molar-refractivity contribution < 1.29 is 83.4 Å². The molecule has 1 aromatic rings. The lowest BCUT2D eigenvalue weighted by atomic mass is 10.1. The quantitative estimate of drug-likeness (QED) is 0.0430. The van der Waals surface area contributed by atoms with E-state index in [1.807, 2.05) is 5.32 Å². The predicted octanol–water partition coefficient (Wildman–Crippen LogP) is -1.88. The maximum atomic E-state index is 13.3. The second-order valence-corrected chi connectivity index (χ2v) is 14.4. The molecule has 1 unspecified atom stereocenters. The van der Waals surface area contributed by atoms with Gasteiger partial charge in [0, 0.05) is 25.3 Å². The zero-order chi connectivity index (χ0) is 45.2. The Balaban J connectivity index is 1.86. The molecule has 13 N–H and O–H groups in total. The van der Waals surface area contributed by atoms with Gasteiger partial charge in [-0.2, -0.15) is 11.8 Å². The first-order valence-corrected chi connectivity index (χ1v) is 19.5. The average molecular weight is 870 g/mol. The number of urea groups is 2. The van der Waals surface area contributed by atoms with Crippen LogP contribution in [-0.4, -0.2) is 144 Å². The van der Waals surface area contributed by atoms with E-state index in [0.717, 1.165) is 11.8 Å². The molecule has 25 heteroatoms. The molecular formula is C35H47N7O17S. The van der Waals surface area contributed by atoms with Gasteiger partial charge in [-0.15, -0.1) is 0 Å². The first-order valence-electron chi connectivity index (χ1n) is 18.1. The lowest BCUT2D eigenvalue weighted by Crippen LogP contribution is -2.58. The third-order valence-corrected chi connectivity index (χ3v) is 9.54. The SMILES string of the molecule is CSC[C@H](NC(=O)[C@H](CC(=O)O)NC(=O)C1(NC(=O)Cc2ccc(CNC(=O)NCCCC[C@H](NC(=O)N[C@@H](CCC(=O)O)C(=O)O)C(=O)O)cc2)C[C@H]1C(=O)O)C(=O)O. The van der Waals surface area contributed by atoms with Crippen molar-refractivity contribution in [3.8, 4) is 0 Å². The minimum atomic E-state index is -2.02. The highest BCUT2D eigenvalue weighted by molar-refractivity contribution is 7.98. The first kappa shape index (κ1) is 49.5. The molecule has 24 nitrogen and oxygen atoms in total. The predicted molar refractivity (Wildman–Crippen MR) is 204 cm³/mol. The molecule has 330 valence electrons. The van der Waals surface area contributed by atoms with Gasteiger partial charge in [0.25, 0.3) is 0 Å². The van der Waals surface area contributed by atoms with Crippen molar-refractivity contribution >= 4 is 77.4 Å². The summed E-state index contributed by atoms with van der Waals surface area (Å²) in [6, 6.07) is -1.59. The maximum absolute atomic E-state index is 13.3. The molecule has 0 radical (unpaired) electrons. The number of carboxylic acids is 6. The number of unbranched alkanes of at least 4 members (excludes halogenated alkanes) is 1. The van der Waals surface area contributed by atoms with Gasteiger partial charge in [-0.05, 0) is 49.5 Å². The van der Waals surface area contributed by atoms with Crippen LogP contribution >= 0.6 is 11.8 Å². The Hall–Kier alpha value is -6.66. The van der Waals surface area contributed by atoms with E-state index in [4.69, 9.17) is 10.2 Å². The highest BCUT2D eigenvalue weighted by Gasteiger charge is 2.65. The molecule has 60 heavy (non-hydrogen) atoms. The van der Waals surface area contributed by atoms with Crippen LogP contribution < -0.4 is 37.2 Å². The van der Waals surface area contributed by atoms with E-state index in [2.05, 4.69) is 31.9 Å². The van der Waals surface area contributed by atoms with E-state index in [0.29, 0.717) is 17.5 Å². The fourth-order valence-corrected chi connectivity index (χ4v) is 6.17. The Kier molecular flexibility index (Phi) is 19.5. The van der Waals surface area contributed by atoms with Gasteiger partial charge in [0.15, 0.2) is 0 Å². The summed E-state index contributed by atoms with van der Waals surface area (Å²) in [6.45, 7) is 0.162. The number of benzene rings is 1. The van der Waals surface area contributed by atoms with Crippen LogP contribution in [0.15, 0.2) is 24.3 Å². The van der Waals surface area contributed by atoms with Crippen LogP contribution in [0.4, 0.5) is 9.59 Å². The maximum Gasteiger partial charge on any atom is 0.327 e. The zero-order valence-corrected chi connectivity index (χ0v) is 32.9. The van der Waals surface area contributed by atoms with Crippen LogP contribution in [-0.2, 0) is 56.1 Å². The smallest absolute Gasteiger partial charge is 0.327 e. The molecule has 7 amide bonds. The number of carbonyl (C=O) groups is 11. The number of carbonyl (C=O) groups excluding carboxylic acids is 5. The molecule has 1 aromatic carbocycles. The number of hydrogen-bond acceptors (Lipinski definition) is 12. The summed E-state index contributed by atoms with van der Waals surface area (Å²) < 4.78 is 0.